The van der Waals surface area contributed by atoms with Gasteiger partial charge in [-0.05, 0) is 23.3 Å². The lowest BCUT2D eigenvalue weighted by atomic mass is 10.0. The Balaban J connectivity index is 2.08. The summed E-state index contributed by atoms with van der Waals surface area (Å²) in [5.41, 5.74) is 23.6. The number of rotatable bonds is 24. The van der Waals surface area contributed by atoms with Crippen molar-refractivity contribution >= 4 is 76.3 Å². The third-order valence-electron chi connectivity index (χ3n) is 9.34. The number of methoxy groups -OCH3 is 1. The first-order valence-electron chi connectivity index (χ1n) is 20.1. The van der Waals surface area contributed by atoms with E-state index in [2.05, 4.69) is 16.0 Å². The van der Waals surface area contributed by atoms with Crippen molar-refractivity contribution < 1.29 is 48.5 Å². The van der Waals surface area contributed by atoms with Gasteiger partial charge in [0.05, 0.1) is 35.2 Å². The van der Waals surface area contributed by atoms with Crippen molar-refractivity contribution in [1.82, 2.24) is 47.9 Å². The average Bonchev–Trinajstić information content (AvgIpc) is 3.31. The number of hydrogen-bond acceptors (Lipinski definition) is 18. The maximum Gasteiger partial charge on any atom is 0.301 e. The van der Waals surface area contributed by atoms with Crippen LogP contribution in [0, 0.1) is 53.2 Å². The number of aliphatic hydroxyl groups is 1. The number of hydrogen-bond donors (Lipinski definition) is 19. The molecule has 0 aromatic heterocycles. The number of nitrogens with zero attached hydrogens (tertiary/aromatic N) is 4. The third kappa shape index (κ3) is 15.8. The zero-order chi connectivity index (χ0) is 54.0. The normalized spacial score (nSPS) is 12.8. The molecule has 0 aliphatic heterocycles. The summed E-state index contributed by atoms with van der Waals surface area (Å²) in [5, 5.41) is 94.5. The number of aliphatic hydroxyl groups excluding tert-OH is 1. The summed E-state index contributed by atoms with van der Waals surface area (Å²) < 4.78 is 5.17. The highest BCUT2D eigenvalue weighted by Gasteiger charge is 2.40. The minimum absolute atomic E-state index is 0.0334. The fourth-order valence-electron chi connectivity index (χ4n) is 6.23. The van der Waals surface area contributed by atoms with Gasteiger partial charge in [0.2, 0.25) is 11.8 Å². The second kappa shape index (κ2) is 25.5. The van der Waals surface area contributed by atoms with Crippen LogP contribution in [0.1, 0.15) is 22.7 Å². The monoisotopic (exact) mass is 1000 g/mol. The first kappa shape index (κ1) is 55.7. The molecule has 0 spiro atoms. The molecule has 0 saturated heterocycles. The number of nitrogens with two attached hydrogens (primary N) is 5. The van der Waals surface area contributed by atoms with E-state index in [1.165, 1.54) is 61.7 Å². The van der Waals surface area contributed by atoms with Crippen molar-refractivity contribution in [3.63, 3.8) is 0 Å². The van der Waals surface area contributed by atoms with Crippen molar-refractivity contribution in [2.45, 2.75) is 43.3 Å². The number of carbonyl (C=O) groups is 6. The fraction of sp³-hybridized carbons (Fsp3) is 0.237. The second-order valence-electron chi connectivity index (χ2n) is 14.4. The first-order chi connectivity index (χ1) is 33.9. The molecular formula is C38H48N22O12. The molecule has 0 saturated carbocycles. The Kier molecular flexibility index (Phi) is 19.8. The van der Waals surface area contributed by atoms with Crippen molar-refractivity contribution in [2.24, 2.45) is 28.7 Å². The number of benzene rings is 3. The minimum Gasteiger partial charge on any atom is -0.497 e. The number of nitriles is 1. The standard InChI is InChI=1S/C38H48N22O12/c1-72-19-9-7-16(8-10-19)14-58(24-20(59(68)69)11-17(13-39)12-21(24)60(70)71)22(15-61)30(63)49-23(18-5-3-2-4-6-18)31(64)51-27(55-36(43)44)33(66)53-29(57-38(47)48)34(67)52-28(56-37(45)46)32(65)50-26(25(40)62)54-35(41)42/h2-12,22-23,26-29,61H,14-15H2,1H3,(H2,40,62)(H,49,63)(H,50,65)(H,51,64)(H,52,67)(H,53,66)(H4,41,42,54)(H4,43,44,55)(H4,45,46,56)(H4,47,48,57). The highest BCUT2D eigenvalue weighted by Crippen LogP contribution is 2.41. The molecule has 0 fully saturated rings. The van der Waals surface area contributed by atoms with E-state index in [9.17, 15) is 59.4 Å². The van der Waals surface area contributed by atoms with E-state index in [0.717, 1.165) is 17.0 Å². The molecule has 6 amide bonds. The topological polar surface area (TPSA) is 579 Å². The molecule has 0 radical (unpaired) electrons. The van der Waals surface area contributed by atoms with Gasteiger partial charge in [0.25, 0.3) is 23.6 Å². The van der Waals surface area contributed by atoms with Crippen LogP contribution in [0.4, 0.5) is 17.1 Å². The predicted octanol–water partition coefficient (Wildman–Crippen LogP) is -6.20. The molecule has 34 nitrogen and oxygen atoms in total. The smallest absolute Gasteiger partial charge is 0.301 e. The van der Waals surface area contributed by atoms with Crippen LogP contribution in [0.3, 0.4) is 0 Å². The van der Waals surface area contributed by atoms with Crippen LogP contribution in [0.15, 0.2) is 66.7 Å². The number of nitrogens with one attached hydrogen (secondary N) is 13. The van der Waals surface area contributed by atoms with Crippen molar-refractivity contribution in [2.75, 3.05) is 18.6 Å². The van der Waals surface area contributed by atoms with Crippen LogP contribution in [0.5, 0.6) is 5.75 Å². The Bertz CT molecular complexity index is 2610. The van der Waals surface area contributed by atoms with Gasteiger partial charge in [-0.2, -0.15) is 5.26 Å². The predicted molar refractivity (Wildman–Crippen MR) is 249 cm³/mol. The van der Waals surface area contributed by atoms with E-state index in [1.54, 1.807) is 6.07 Å². The van der Waals surface area contributed by atoms with E-state index >= 15 is 0 Å². The minimum atomic E-state index is -2.19. The zero-order valence-corrected chi connectivity index (χ0v) is 37.3. The lowest BCUT2D eigenvalue weighted by Crippen LogP contribution is -2.68. The van der Waals surface area contributed by atoms with Crippen molar-refractivity contribution in [1.29, 1.82) is 26.9 Å². The molecule has 0 bridgehead atoms. The number of primary amides is 1. The first-order valence-corrected chi connectivity index (χ1v) is 20.1. The summed E-state index contributed by atoms with van der Waals surface area (Å²) in [7, 11) is 1.36. The Morgan fingerprint density at radius 1 is 0.653 bits per heavy atom. The van der Waals surface area contributed by atoms with Crippen LogP contribution in [-0.4, -0.2) is 119 Å². The fourth-order valence-corrected chi connectivity index (χ4v) is 6.23. The van der Waals surface area contributed by atoms with Crippen LogP contribution in [0.25, 0.3) is 0 Å². The molecular weight excluding hydrogens is 957 g/mol. The van der Waals surface area contributed by atoms with Gasteiger partial charge in [-0.1, -0.05) is 42.5 Å². The van der Waals surface area contributed by atoms with Gasteiger partial charge in [-0.15, -0.1) is 0 Å². The lowest BCUT2D eigenvalue weighted by molar-refractivity contribution is -0.392. The summed E-state index contributed by atoms with van der Waals surface area (Å²) in [6.45, 7) is -1.79. The van der Waals surface area contributed by atoms with Gasteiger partial charge in [0.15, 0.2) is 54.2 Å². The molecule has 24 N–H and O–H groups in total. The summed E-state index contributed by atoms with van der Waals surface area (Å²) in [4.78, 5) is 105. The molecule has 3 aromatic rings. The van der Waals surface area contributed by atoms with Crippen molar-refractivity contribution in [3.8, 4) is 11.8 Å². The Hall–Kier alpha value is -10.6. The number of nitro benzene ring substituents is 2. The summed E-state index contributed by atoms with van der Waals surface area (Å²) in [6.07, 6.45) is -8.30. The van der Waals surface area contributed by atoms with E-state index in [-0.39, 0.29) is 11.1 Å². The number of amides is 6. The summed E-state index contributed by atoms with van der Waals surface area (Å²) >= 11 is 0. The van der Waals surface area contributed by atoms with Crippen LogP contribution in [-0.2, 0) is 35.3 Å². The van der Waals surface area contributed by atoms with Gasteiger partial charge in [0.1, 0.15) is 17.8 Å². The summed E-state index contributed by atoms with van der Waals surface area (Å²) in [6, 6.07) is 11.9. The highest BCUT2D eigenvalue weighted by molar-refractivity contribution is 6.00. The second-order valence-corrected chi connectivity index (χ2v) is 14.4. The van der Waals surface area contributed by atoms with Gasteiger partial charge < -0.3 is 91.3 Å². The zero-order valence-electron chi connectivity index (χ0n) is 37.3. The maximum atomic E-state index is 14.5. The van der Waals surface area contributed by atoms with Gasteiger partial charge in [-0.3, -0.25) is 70.6 Å². The number of anilines is 1. The molecule has 3 rings (SSSR count). The Morgan fingerprint density at radius 3 is 1.44 bits per heavy atom. The SMILES string of the molecule is COc1ccc(CN(c2c([N+](=O)[O-])cc(C#N)cc2[N+](=O)[O-])C(CO)C(=O)NC(C(=O)NC(NC(=N)N)C(=O)NC(NC(=N)N)C(=O)NC(NC(=N)N)C(=O)NC(NC(=N)N)C(N)=O)c2ccccc2)cc1. The molecule has 72 heavy (non-hydrogen) atoms. The Labute approximate surface area is 405 Å². The van der Waals surface area contributed by atoms with Gasteiger partial charge in [0, 0.05) is 18.7 Å². The van der Waals surface area contributed by atoms with E-state index in [1.807, 2.05) is 31.9 Å². The van der Waals surface area contributed by atoms with Crippen LogP contribution in [0.2, 0.25) is 0 Å². The summed E-state index contributed by atoms with van der Waals surface area (Å²) in [5.74, 6) is -11.5. The quantitative estimate of drug-likeness (QED) is 0.0130. The van der Waals surface area contributed by atoms with Gasteiger partial charge in [-0.25, -0.2) is 0 Å². The molecule has 3 aromatic carbocycles. The maximum absolute atomic E-state index is 14.5. The lowest BCUT2D eigenvalue weighted by Gasteiger charge is -2.32. The Morgan fingerprint density at radius 2 is 1.07 bits per heavy atom. The van der Waals surface area contributed by atoms with E-state index in [0.29, 0.717) is 5.75 Å². The number of guanidine groups is 4. The third-order valence-corrected chi connectivity index (χ3v) is 9.34. The number of carbonyl (C=O) groups excluding carboxylic acids is 6. The largest absolute Gasteiger partial charge is 0.497 e. The average molecular weight is 1000 g/mol. The molecule has 6 unspecified atom stereocenters. The van der Waals surface area contributed by atoms with Crippen LogP contribution < -0.4 is 86.2 Å². The highest BCUT2D eigenvalue weighted by atomic mass is 16.6. The van der Waals surface area contributed by atoms with E-state index < -0.39 is 142 Å². The number of ether oxygens (including phenoxy) is 1. The van der Waals surface area contributed by atoms with Crippen molar-refractivity contribution in [3.05, 3.63) is 104 Å². The molecule has 34 heteroatoms. The number of nitro groups is 2. The molecule has 0 aliphatic rings. The van der Waals surface area contributed by atoms with Gasteiger partial charge >= 0.3 is 11.4 Å². The molecule has 6 atom stereocenters. The van der Waals surface area contributed by atoms with Crippen LogP contribution >= 0.6 is 0 Å². The van der Waals surface area contributed by atoms with E-state index in [4.69, 9.17) is 55.0 Å². The molecule has 382 valence electrons. The molecule has 0 heterocycles. The molecule has 0 aliphatic carbocycles.